The van der Waals surface area contributed by atoms with E-state index >= 15 is 0 Å². The molecular formula is C22H27N5O4. The Morgan fingerprint density at radius 1 is 1.13 bits per heavy atom. The van der Waals surface area contributed by atoms with Crippen LogP contribution in [0.5, 0.6) is 5.75 Å². The largest absolute Gasteiger partial charge is 0.490 e. The Hall–Kier alpha value is -2.94. The molecule has 9 nitrogen and oxygen atoms in total. The van der Waals surface area contributed by atoms with Gasteiger partial charge >= 0.3 is 5.69 Å². The molecule has 164 valence electrons. The molecule has 4 atom stereocenters. The fourth-order valence-corrected chi connectivity index (χ4v) is 5.26. The second kappa shape index (κ2) is 7.64. The predicted molar refractivity (Wildman–Crippen MR) is 116 cm³/mol. The molecule has 2 saturated heterocycles. The highest BCUT2D eigenvalue weighted by atomic mass is 16.5. The summed E-state index contributed by atoms with van der Waals surface area (Å²) in [4.78, 5) is 45.0. The van der Waals surface area contributed by atoms with Gasteiger partial charge in [0.2, 0.25) is 11.6 Å². The van der Waals surface area contributed by atoms with Crippen LogP contribution in [0.1, 0.15) is 51.5 Å². The van der Waals surface area contributed by atoms with Crippen molar-refractivity contribution < 1.29 is 4.74 Å². The Morgan fingerprint density at radius 2 is 1.94 bits per heavy atom. The number of rotatable bonds is 3. The van der Waals surface area contributed by atoms with Crippen molar-refractivity contribution >= 4 is 12.2 Å². The lowest BCUT2D eigenvalue weighted by Crippen LogP contribution is -2.57. The zero-order valence-corrected chi connectivity index (χ0v) is 17.8. The van der Waals surface area contributed by atoms with Gasteiger partial charge in [0.1, 0.15) is 0 Å². The highest BCUT2D eigenvalue weighted by molar-refractivity contribution is 5.36. The van der Waals surface area contributed by atoms with Crippen molar-refractivity contribution in [2.45, 2.75) is 63.6 Å². The Labute approximate surface area is 178 Å². The number of hydrogen-bond acceptors (Lipinski definition) is 6. The van der Waals surface area contributed by atoms with Crippen LogP contribution < -0.4 is 37.6 Å². The third-order valence-electron chi connectivity index (χ3n) is 6.91. The van der Waals surface area contributed by atoms with Crippen molar-refractivity contribution in [2.75, 3.05) is 7.11 Å². The van der Waals surface area contributed by atoms with E-state index in [1.165, 1.54) is 19.7 Å². The third-order valence-corrected chi connectivity index (χ3v) is 6.91. The number of nitrogens with one attached hydrogen (secondary N) is 2. The summed E-state index contributed by atoms with van der Waals surface area (Å²) < 4.78 is 7.99. The summed E-state index contributed by atoms with van der Waals surface area (Å²) >= 11 is 0. The number of ether oxygens (including phenoxy) is 1. The summed E-state index contributed by atoms with van der Waals surface area (Å²) in [5.74, 6) is 0.501. The Kier molecular flexibility index (Phi) is 4.92. The number of hydrogen-bond donors (Lipinski definition) is 2. The average Bonchev–Trinajstić information content (AvgIpc) is 2.76. The van der Waals surface area contributed by atoms with Crippen LogP contribution in [0.2, 0.25) is 0 Å². The van der Waals surface area contributed by atoms with Gasteiger partial charge < -0.3 is 14.6 Å². The summed E-state index contributed by atoms with van der Waals surface area (Å²) in [5.41, 5.74) is -1.67. The van der Waals surface area contributed by atoms with Gasteiger partial charge in [-0.15, -0.1) is 0 Å². The number of nitrogens with zero attached hydrogens (tertiary/aromatic N) is 3. The van der Waals surface area contributed by atoms with Crippen molar-refractivity contribution in [3.8, 4) is 11.6 Å². The molecule has 0 aromatic carbocycles. The predicted octanol–water partition coefficient (Wildman–Crippen LogP) is -0.462. The highest BCUT2D eigenvalue weighted by Gasteiger charge is 2.36. The molecular weight excluding hydrogens is 398 g/mol. The Morgan fingerprint density at radius 3 is 2.74 bits per heavy atom. The lowest BCUT2D eigenvalue weighted by molar-refractivity contribution is 0.140. The second-order valence-corrected chi connectivity index (χ2v) is 8.84. The summed E-state index contributed by atoms with van der Waals surface area (Å²) in [6.45, 7) is 2.26. The number of H-pyrrole nitrogens is 1. The molecule has 2 bridgehead atoms. The van der Waals surface area contributed by atoms with Gasteiger partial charge in [-0.05, 0) is 44.4 Å². The molecule has 0 radical (unpaired) electrons. The quantitative estimate of drug-likeness (QED) is 0.688. The van der Waals surface area contributed by atoms with E-state index in [0.29, 0.717) is 23.4 Å². The molecule has 2 unspecified atom stereocenters. The third kappa shape index (κ3) is 3.37. The SMILES string of the molecule is COc1cn(-c2nc3c(n([C@H]4CC5N[C@@H](CCC5C)C4)c2=O)=CCCC=3)c(=O)[nH]c1=O. The maximum atomic E-state index is 13.7. The standard InChI is InChI=1S/C22H27N5O4/c1-12-7-8-13-9-14(10-16(12)23-13)27-17-6-4-3-5-15(17)24-19(21(27)29)26-11-18(31-2)20(28)25-22(26)30/h5-6,11-14,16,23H,3-4,7-10H2,1-2H3,(H,25,28,30)/t12?,13-,14+,16?/m0/s1. The minimum Gasteiger partial charge on any atom is -0.490 e. The zero-order valence-electron chi connectivity index (χ0n) is 17.8. The van der Waals surface area contributed by atoms with Gasteiger partial charge in [-0.1, -0.05) is 19.1 Å². The molecule has 3 aliphatic rings. The smallest absolute Gasteiger partial charge is 0.334 e. The van der Waals surface area contributed by atoms with Crippen molar-refractivity contribution in [2.24, 2.45) is 5.92 Å². The molecule has 2 aromatic rings. The summed E-state index contributed by atoms with van der Waals surface area (Å²) in [6.07, 6.45) is 11.1. The molecule has 0 saturated carbocycles. The van der Waals surface area contributed by atoms with E-state index in [0.717, 1.165) is 42.0 Å². The molecule has 0 spiro atoms. The lowest BCUT2D eigenvalue weighted by atomic mass is 9.78. The van der Waals surface area contributed by atoms with Gasteiger partial charge in [-0.2, -0.15) is 0 Å². The van der Waals surface area contributed by atoms with Gasteiger partial charge in [0, 0.05) is 18.1 Å². The highest BCUT2D eigenvalue weighted by Crippen LogP contribution is 2.34. The second-order valence-electron chi connectivity index (χ2n) is 8.84. The van der Waals surface area contributed by atoms with E-state index in [9.17, 15) is 14.4 Å². The molecule has 9 heteroatoms. The normalized spacial score (nSPS) is 27.0. The van der Waals surface area contributed by atoms with Crippen LogP contribution >= 0.6 is 0 Å². The van der Waals surface area contributed by atoms with E-state index in [-0.39, 0.29) is 23.2 Å². The number of piperidine rings is 2. The van der Waals surface area contributed by atoms with Gasteiger partial charge in [-0.3, -0.25) is 14.6 Å². The first-order chi connectivity index (χ1) is 15.0. The average molecular weight is 425 g/mol. The topological polar surface area (TPSA) is 111 Å². The van der Waals surface area contributed by atoms with Crippen molar-refractivity contribution in [1.82, 2.24) is 24.4 Å². The molecule has 2 fully saturated rings. The number of aromatic nitrogens is 4. The van der Waals surface area contributed by atoms with Crippen LogP contribution in [0, 0.1) is 5.92 Å². The van der Waals surface area contributed by atoms with Crippen molar-refractivity contribution in [3.63, 3.8) is 0 Å². The molecule has 2 N–H and O–H groups in total. The van der Waals surface area contributed by atoms with Crippen LogP contribution in [-0.4, -0.2) is 38.3 Å². The minimum atomic E-state index is -0.711. The van der Waals surface area contributed by atoms with Gasteiger partial charge in [-0.25, -0.2) is 14.3 Å². The van der Waals surface area contributed by atoms with Gasteiger partial charge in [0.05, 0.1) is 24.0 Å². The Balaban J connectivity index is 1.73. The van der Waals surface area contributed by atoms with Crippen LogP contribution in [0.4, 0.5) is 0 Å². The molecule has 1 aliphatic carbocycles. The lowest BCUT2D eigenvalue weighted by Gasteiger charge is -2.44. The molecule has 0 amide bonds. The van der Waals surface area contributed by atoms with Crippen LogP contribution in [0.25, 0.3) is 18.0 Å². The first-order valence-electron chi connectivity index (χ1n) is 11.0. The summed E-state index contributed by atoms with van der Waals surface area (Å²) in [5, 5.41) is 5.26. The maximum absolute atomic E-state index is 13.7. The molecule has 4 heterocycles. The molecule has 2 aliphatic heterocycles. The van der Waals surface area contributed by atoms with Crippen molar-refractivity contribution in [3.05, 3.63) is 48.1 Å². The summed E-state index contributed by atoms with van der Waals surface area (Å²) in [6, 6.07) is 0.799. The van der Waals surface area contributed by atoms with Crippen molar-refractivity contribution in [1.29, 1.82) is 0 Å². The van der Waals surface area contributed by atoms with Crippen LogP contribution in [0.3, 0.4) is 0 Å². The molecule has 31 heavy (non-hydrogen) atoms. The first kappa shape index (κ1) is 20.0. The van der Waals surface area contributed by atoms with E-state index in [4.69, 9.17) is 4.74 Å². The maximum Gasteiger partial charge on any atom is 0.334 e. The monoisotopic (exact) mass is 425 g/mol. The minimum absolute atomic E-state index is 0.0124. The fraction of sp³-hybridized carbons (Fsp3) is 0.545. The molecule has 5 rings (SSSR count). The van der Waals surface area contributed by atoms with Crippen LogP contribution in [-0.2, 0) is 0 Å². The zero-order chi connectivity index (χ0) is 21.7. The Bertz CT molecular complexity index is 1320. The molecule has 2 aromatic heterocycles. The van der Waals surface area contributed by atoms with E-state index in [1.54, 1.807) is 0 Å². The number of aromatic amines is 1. The van der Waals surface area contributed by atoms with E-state index in [2.05, 4.69) is 28.3 Å². The first-order valence-corrected chi connectivity index (χ1v) is 11.0. The van der Waals surface area contributed by atoms with Crippen LogP contribution in [0.15, 0.2) is 20.6 Å². The van der Waals surface area contributed by atoms with Gasteiger partial charge in [0.15, 0.2) is 0 Å². The van der Waals surface area contributed by atoms with Gasteiger partial charge in [0.25, 0.3) is 11.1 Å². The number of methoxy groups -OCH3 is 1. The summed E-state index contributed by atoms with van der Waals surface area (Å²) in [7, 11) is 1.34. The van der Waals surface area contributed by atoms with E-state index < -0.39 is 11.2 Å². The van der Waals surface area contributed by atoms with E-state index in [1.807, 2.05) is 10.6 Å². The number of fused-ring (bicyclic) bond motifs is 3. The fourth-order valence-electron chi connectivity index (χ4n) is 5.26.